The number of hydrogen-bond acceptors (Lipinski definition) is 5. The number of nitrogens with zero attached hydrogens (tertiary/aromatic N) is 2. The highest BCUT2D eigenvalue weighted by Gasteiger charge is 2.15. The summed E-state index contributed by atoms with van der Waals surface area (Å²) in [5.74, 6) is -2.04. The van der Waals surface area contributed by atoms with Crippen molar-refractivity contribution >= 4 is 16.9 Å². The van der Waals surface area contributed by atoms with Gasteiger partial charge in [0, 0.05) is 30.6 Å². The molecule has 0 fully saturated rings. The highest BCUT2D eigenvalue weighted by molar-refractivity contribution is 5.81. The average molecular weight is 450 g/mol. The van der Waals surface area contributed by atoms with Gasteiger partial charge in [-0.15, -0.1) is 0 Å². The van der Waals surface area contributed by atoms with Crippen LogP contribution < -0.4 is 15.0 Å². The maximum Gasteiger partial charge on any atom is 0.329 e. The van der Waals surface area contributed by atoms with Gasteiger partial charge in [-0.05, 0) is 48.7 Å². The Hall–Kier alpha value is -4.07. The third kappa shape index (κ3) is 5.06. The molecular formula is C25H20F2N2O4. The lowest BCUT2D eigenvalue weighted by atomic mass is 10.1. The quantitative estimate of drug-likeness (QED) is 0.426. The molecule has 2 aromatic heterocycles. The van der Waals surface area contributed by atoms with E-state index in [4.69, 9.17) is 9.57 Å². The molecule has 0 radical (unpaired) electrons. The van der Waals surface area contributed by atoms with Gasteiger partial charge in [-0.25, -0.2) is 13.6 Å². The maximum atomic E-state index is 14.1. The second kappa shape index (κ2) is 9.60. The van der Waals surface area contributed by atoms with Gasteiger partial charge in [-0.3, -0.25) is 9.78 Å². The number of ether oxygens (including phenoxy) is 1. The van der Waals surface area contributed by atoms with E-state index in [0.29, 0.717) is 22.3 Å². The lowest BCUT2D eigenvalue weighted by Gasteiger charge is -2.16. The zero-order chi connectivity index (χ0) is 23.4. The smallest absolute Gasteiger partial charge is 0.329 e. The molecule has 6 nitrogen and oxygen atoms in total. The van der Waals surface area contributed by atoms with Crippen LogP contribution in [-0.4, -0.2) is 15.7 Å². The SMILES string of the molecule is CC(=O)On1c(CCc2cccc(F)c2F)cc(=O)c2ccc(OCc3ccccn3)cc21. The van der Waals surface area contributed by atoms with Gasteiger partial charge in [-0.1, -0.05) is 18.2 Å². The van der Waals surface area contributed by atoms with Crippen LogP contribution >= 0.6 is 0 Å². The first-order valence-electron chi connectivity index (χ1n) is 10.3. The second-order valence-corrected chi connectivity index (χ2v) is 7.38. The summed E-state index contributed by atoms with van der Waals surface area (Å²) < 4.78 is 34.7. The predicted octanol–water partition coefficient (Wildman–Crippen LogP) is 4.01. The van der Waals surface area contributed by atoms with Crippen molar-refractivity contribution in [1.29, 1.82) is 0 Å². The monoisotopic (exact) mass is 450 g/mol. The number of benzene rings is 2. The van der Waals surface area contributed by atoms with Gasteiger partial charge < -0.3 is 9.57 Å². The first-order valence-corrected chi connectivity index (χ1v) is 10.3. The van der Waals surface area contributed by atoms with Crippen molar-refractivity contribution in [2.75, 3.05) is 0 Å². The number of hydrogen-bond donors (Lipinski definition) is 0. The predicted molar refractivity (Wildman–Crippen MR) is 118 cm³/mol. The molecule has 0 atom stereocenters. The molecule has 0 saturated carbocycles. The summed E-state index contributed by atoms with van der Waals surface area (Å²) >= 11 is 0. The highest BCUT2D eigenvalue weighted by Crippen LogP contribution is 2.22. The zero-order valence-corrected chi connectivity index (χ0v) is 17.8. The van der Waals surface area contributed by atoms with E-state index in [-0.39, 0.29) is 30.4 Å². The average Bonchev–Trinajstić information content (AvgIpc) is 2.81. The number of aromatic nitrogens is 2. The molecule has 0 saturated heterocycles. The van der Waals surface area contributed by atoms with Crippen LogP contribution in [0.25, 0.3) is 10.9 Å². The van der Waals surface area contributed by atoms with Crippen molar-refractivity contribution in [3.63, 3.8) is 0 Å². The zero-order valence-electron chi connectivity index (χ0n) is 17.8. The molecular weight excluding hydrogens is 430 g/mol. The Morgan fingerprint density at radius 3 is 2.64 bits per heavy atom. The molecule has 0 aliphatic carbocycles. The van der Waals surface area contributed by atoms with E-state index in [9.17, 15) is 18.4 Å². The van der Waals surface area contributed by atoms with E-state index in [0.717, 1.165) is 11.8 Å². The van der Waals surface area contributed by atoms with Crippen molar-refractivity contribution in [3.8, 4) is 5.75 Å². The van der Waals surface area contributed by atoms with E-state index in [2.05, 4.69) is 4.98 Å². The largest absolute Gasteiger partial charge is 0.487 e. The van der Waals surface area contributed by atoms with Gasteiger partial charge in [0.05, 0.1) is 16.9 Å². The van der Waals surface area contributed by atoms with Gasteiger partial charge in [0.2, 0.25) is 0 Å². The Balaban J connectivity index is 1.70. The minimum Gasteiger partial charge on any atom is -0.487 e. The lowest BCUT2D eigenvalue weighted by Crippen LogP contribution is -2.24. The van der Waals surface area contributed by atoms with Crippen LogP contribution in [0.1, 0.15) is 23.9 Å². The summed E-state index contributed by atoms with van der Waals surface area (Å²) in [6.45, 7) is 1.45. The van der Waals surface area contributed by atoms with Crippen molar-refractivity contribution in [2.24, 2.45) is 0 Å². The number of rotatable bonds is 7. The topological polar surface area (TPSA) is 70.4 Å². The van der Waals surface area contributed by atoms with Crippen molar-refractivity contribution in [1.82, 2.24) is 9.71 Å². The molecule has 0 aliphatic heterocycles. The Bertz CT molecular complexity index is 1370. The molecule has 2 aromatic carbocycles. The van der Waals surface area contributed by atoms with Crippen LogP contribution in [0.5, 0.6) is 5.75 Å². The van der Waals surface area contributed by atoms with Gasteiger partial charge in [0.25, 0.3) is 0 Å². The molecule has 0 spiro atoms. The summed E-state index contributed by atoms with van der Waals surface area (Å²) in [7, 11) is 0. The molecule has 4 aromatic rings. The normalized spacial score (nSPS) is 10.9. The number of pyridine rings is 2. The summed E-state index contributed by atoms with van der Waals surface area (Å²) in [5.41, 5.74) is 1.25. The van der Waals surface area contributed by atoms with E-state index in [1.165, 1.54) is 29.9 Å². The van der Waals surface area contributed by atoms with Crippen LogP contribution in [-0.2, 0) is 24.2 Å². The van der Waals surface area contributed by atoms with Crippen LogP contribution in [0.4, 0.5) is 8.78 Å². The Kier molecular flexibility index (Phi) is 6.44. The third-order valence-corrected chi connectivity index (χ3v) is 5.03. The molecule has 2 heterocycles. The first-order chi connectivity index (χ1) is 15.9. The Morgan fingerprint density at radius 2 is 1.88 bits per heavy atom. The third-order valence-electron chi connectivity index (χ3n) is 5.03. The minimum absolute atomic E-state index is 0.103. The number of halogens is 2. The van der Waals surface area contributed by atoms with Gasteiger partial charge in [-0.2, -0.15) is 4.73 Å². The van der Waals surface area contributed by atoms with E-state index >= 15 is 0 Å². The fourth-order valence-electron chi connectivity index (χ4n) is 3.48. The minimum atomic E-state index is -0.946. The molecule has 0 N–H and O–H groups in total. The molecule has 33 heavy (non-hydrogen) atoms. The van der Waals surface area contributed by atoms with Crippen LogP contribution in [0.15, 0.2) is 71.7 Å². The maximum absolute atomic E-state index is 14.1. The Morgan fingerprint density at radius 1 is 1.03 bits per heavy atom. The molecule has 8 heteroatoms. The fourth-order valence-corrected chi connectivity index (χ4v) is 3.48. The Labute approximate surface area is 188 Å². The highest BCUT2D eigenvalue weighted by atomic mass is 19.2. The first kappa shape index (κ1) is 22.1. The molecule has 168 valence electrons. The molecule has 0 bridgehead atoms. The van der Waals surface area contributed by atoms with Gasteiger partial charge in [0.1, 0.15) is 12.4 Å². The van der Waals surface area contributed by atoms with Gasteiger partial charge >= 0.3 is 5.97 Å². The van der Waals surface area contributed by atoms with Crippen LogP contribution in [0.3, 0.4) is 0 Å². The summed E-state index contributed by atoms with van der Waals surface area (Å²) in [6.07, 6.45) is 1.90. The summed E-state index contributed by atoms with van der Waals surface area (Å²) in [6, 6.07) is 15.5. The van der Waals surface area contributed by atoms with Crippen molar-refractivity contribution in [3.05, 3.63) is 106 Å². The molecule has 0 amide bonds. The summed E-state index contributed by atoms with van der Waals surface area (Å²) in [4.78, 5) is 34.1. The molecule has 4 rings (SSSR count). The van der Waals surface area contributed by atoms with Crippen molar-refractivity contribution < 1.29 is 23.1 Å². The fraction of sp³-hybridized carbons (Fsp3) is 0.160. The second-order valence-electron chi connectivity index (χ2n) is 7.38. The number of carbonyl (C=O) groups is 1. The molecule has 0 unspecified atom stereocenters. The molecule has 0 aliphatic rings. The van der Waals surface area contributed by atoms with E-state index < -0.39 is 17.6 Å². The van der Waals surface area contributed by atoms with Gasteiger partial charge in [0.15, 0.2) is 17.1 Å². The van der Waals surface area contributed by atoms with Crippen LogP contribution in [0, 0.1) is 11.6 Å². The van der Waals surface area contributed by atoms with Crippen molar-refractivity contribution in [2.45, 2.75) is 26.4 Å². The number of aryl methyl sites for hydroxylation is 2. The van der Waals surface area contributed by atoms with Crippen LogP contribution in [0.2, 0.25) is 0 Å². The number of fused-ring (bicyclic) bond motifs is 1. The summed E-state index contributed by atoms with van der Waals surface area (Å²) in [5, 5.41) is 0.321. The van der Waals surface area contributed by atoms with E-state index in [1.54, 1.807) is 30.5 Å². The van der Waals surface area contributed by atoms with E-state index in [1.807, 2.05) is 12.1 Å². The lowest BCUT2D eigenvalue weighted by molar-refractivity contribution is -0.141. The standard InChI is InChI=1S/C25H20F2N2O4/c1-16(30)33-29-19(9-8-17-5-4-7-22(26)25(17)27)13-24(31)21-11-10-20(14-23(21)29)32-15-18-6-2-3-12-28-18/h2-7,10-14H,8-9,15H2,1H3. The number of carbonyl (C=O) groups excluding carboxylic acids is 1.